The molecule has 0 saturated heterocycles. The van der Waals surface area contributed by atoms with Crippen LogP contribution in [-0.4, -0.2) is 27.4 Å². The molecular weight excluding hydrogens is 234 g/mol. The van der Waals surface area contributed by atoms with E-state index < -0.39 is 0 Å². The van der Waals surface area contributed by atoms with Crippen LogP contribution in [0, 0.1) is 12.8 Å². The van der Waals surface area contributed by atoms with Crippen LogP contribution in [0.25, 0.3) is 0 Å². The Labute approximate surface area is 98.2 Å². The van der Waals surface area contributed by atoms with Crippen molar-refractivity contribution in [3.8, 4) is 0 Å². The van der Waals surface area contributed by atoms with E-state index >= 15 is 0 Å². The Morgan fingerprint density at radius 2 is 2.27 bits per heavy atom. The zero-order valence-corrected chi connectivity index (χ0v) is 10.5. The molecule has 0 fully saturated rings. The van der Waals surface area contributed by atoms with Gasteiger partial charge in [0.15, 0.2) is 0 Å². The largest absolute Gasteiger partial charge is 0.350 e. The number of carbonyl (C=O) groups excluding carboxylic acids is 1. The van der Waals surface area contributed by atoms with Gasteiger partial charge in [0, 0.05) is 6.54 Å². The summed E-state index contributed by atoms with van der Waals surface area (Å²) in [5.74, 6) is 0.196. The van der Waals surface area contributed by atoms with Gasteiger partial charge in [-0.15, -0.1) is 16.7 Å². The molecule has 15 heavy (non-hydrogen) atoms. The van der Waals surface area contributed by atoms with Gasteiger partial charge in [0.25, 0.3) is 5.91 Å². The molecule has 0 aliphatic heterocycles. The minimum Gasteiger partial charge on any atom is -0.350 e. The quantitative estimate of drug-likeness (QED) is 0.826. The Morgan fingerprint density at radius 3 is 2.73 bits per heavy atom. The standard InChI is InChI=1S/C9H14ClN3OS/c1-5(2)7(10)4-11-9(14)8-6(3)12-13-15-8/h5,7H,4H2,1-3H3,(H,11,14). The SMILES string of the molecule is Cc1nnsc1C(=O)NCC(Cl)C(C)C. The topological polar surface area (TPSA) is 54.9 Å². The Balaban J connectivity index is 2.47. The number of alkyl halides is 1. The van der Waals surface area contributed by atoms with Crippen molar-refractivity contribution < 1.29 is 4.79 Å². The van der Waals surface area contributed by atoms with Crippen molar-refractivity contribution in [2.45, 2.75) is 26.1 Å². The first-order chi connectivity index (χ1) is 7.02. The van der Waals surface area contributed by atoms with E-state index in [9.17, 15) is 4.79 Å². The van der Waals surface area contributed by atoms with Crippen molar-refractivity contribution in [3.05, 3.63) is 10.6 Å². The zero-order valence-electron chi connectivity index (χ0n) is 8.95. The van der Waals surface area contributed by atoms with E-state index in [1.807, 2.05) is 13.8 Å². The van der Waals surface area contributed by atoms with E-state index in [4.69, 9.17) is 11.6 Å². The molecule has 0 aromatic carbocycles. The first-order valence-electron chi connectivity index (χ1n) is 4.73. The first-order valence-corrected chi connectivity index (χ1v) is 5.94. The molecule has 1 rings (SSSR count). The number of hydrogen-bond acceptors (Lipinski definition) is 4. The average molecular weight is 248 g/mol. The number of amides is 1. The van der Waals surface area contributed by atoms with Crippen LogP contribution in [0.15, 0.2) is 0 Å². The Bertz CT molecular complexity index is 340. The number of carbonyl (C=O) groups is 1. The van der Waals surface area contributed by atoms with Crippen molar-refractivity contribution >= 4 is 29.0 Å². The highest BCUT2D eigenvalue weighted by molar-refractivity contribution is 7.07. The summed E-state index contributed by atoms with van der Waals surface area (Å²) in [7, 11) is 0. The van der Waals surface area contributed by atoms with Crippen molar-refractivity contribution in [2.24, 2.45) is 5.92 Å². The number of aromatic nitrogens is 2. The third-order valence-electron chi connectivity index (χ3n) is 2.04. The second-order valence-corrected chi connectivity index (χ2v) is 4.97. The van der Waals surface area contributed by atoms with E-state index in [-0.39, 0.29) is 11.3 Å². The molecule has 0 aliphatic rings. The normalized spacial score (nSPS) is 12.9. The molecule has 1 aromatic rings. The predicted octanol–water partition coefficient (Wildman–Crippen LogP) is 1.84. The first kappa shape index (κ1) is 12.4. The summed E-state index contributed by atoms with van der Waals surface area (Å²) in [4.78, 5) is 12.2. The van der Waals surface area contributed by atoms with Gasteiger partial charge in [-0.05, 0) is 24.4 Å². The Morgan fingerprint density at radius 1 is 1.60 bits per heavy atom. The minimum atomic E-state index is -0.145. The molecule has 1 N–H and O–H groups in total. The van der Waals surface area contributed by atoms with Gasteiger partial charge < -0.3 is 5.32 Å². The number of nitrogens with one attached hydrogen (secondary N) is 1. The minimum absolute atomic E-state index is 0.0462. The molecule has 0 saturated carbocycles. The number of hydrogen-bond donors (Lipinski definition) is 1. The van der Waals surface area contributed by atoms with Crippen LogP contribution >= 0.6 is 23.1 Å². The van der Waals surface area contributed by atoms with Gasteiger partial charge >= 0.3 is 0 Å². The lowest BCUT2D eigenvalue weighted by Crippen LogP contribution is -2.31. The molecule has 0 radical (unpaired) electrons. The molecular formula is C9H14ClN3OS. The van der Waals surface area contributed by atoms with E-state index in [2.05, 4.69) is 14.9 Å². The average Bonchev–Trinajstić information content (AvgIpc) is 2.60. The van der Waals surface area contributed by atoms with Gasteiger partial charge in [-0.2, -0.15) is 0 Å². The second kappa shape index (κ2) is 5.42. The molecule has 0 bridgehead atoms. The van der Waals surface area contributed by atoms with Gasteiger partial charge in [0.2, 0.25) is 0 Å². The smallest absolute Gasteiger partial charge is 0.264 e. The Hall–Kier alpha value is -0.680. The van der Waals surface area contributed by atoms with Gasteiger partial charge in [-0.3, -0.25) is 4.79 Å². The third-order valence-corrected chi connectivity index (χ3v) is 3.52. The fraction of sp³-hybridized carbons (Fsp3) is 0.667. The van der Waals surface area contributed by atoms with E-state index in [0.29, 0.717) is 23.0 Å². The molecule has 4 nitrogen and oxygen atoms in total. The Kier molecular flexibility index (Phi) is 4.47. The molecule has 1 aromatic heterocycles. The summed E-state index contributed by atoms with van der Waals surface area (Å²) in [6, 6.07) is 0. The highest BCUT2D eigenvalue weighted by atomic mass is 35.5. The number of rotatable bonds is 4. The van der Waals surface area contributed by atoms with Crippen LogP contribution in [0.1, 0.15) is 29.2 Å². The van der Waals surface area contributed by atoms with Gasteiger partial charge in [-0.25, -0.2) is 0 Å². The number of nitrogens with zero attached hydrogens (tertiary/aromatic N) is 2. The van der Waals surface area contributed by atoms with E-state index in [1.165, 1.54) is 0 Å². The maximum atomic E-state index is 11.6. The molecule has 0 spiro atoms. The summed E-state index contributed by atoms with van der Waals surface area (Å²) in [6.07, 6.45) is 0. The number of aryl methyl sites for hydroxylation is 1. The molecule has 0 aliphatic carbocycles. The summed E-state index contributed by atoms with van der Waals surface area (Å²) in [5.41, 5.74) is 0.660. The highest BCUT2D eigenvalue weighted by Crippen LogP contribution is 2.10. The second-order valence-electron chi connectivity index (χ2n) is 3.66. The van der Waals surface area contributed by atoms with Crippen molar-refractivity contribution in [3.63, 3.8) is 0 Å². The van der Waals surface area contributed by atoms with Gasteiger partial charge in [0.1, 0.15) is 4.88 Å². The lowest BCUT2D eigenvalue weighted by atomic mass is 10.1. The third kappa shape index (κ3) is 3.43. The van der Waals surface area contributed by atoms with Crippen molar-refractivity contribution in [1.82, 2.24) is 14.9 Å². The predicted molar refractivity (Wildman–Crippen MR) is 61.5 cm³/mol. The lowest BCUT2D eigenvalue weighted by molar-refractivity contribution is 0.0955. The van der Waals surface area contributed by atoms with Crippen LogP contribution in [0.3, 0.4) is 0 Å². The summed E-state index contributed by atoms with van der Waals surface area (Å²) < 4.78 is 3.70. The van der Waals surface area contributed by atoms with Crippen molar-refractivity contribution in [2.75, 3.05) is 6.54 Å². The summed E-state index contributed by atoms with van der Waals surface area (Å²) in [6.45, 7) is 6.26. The maximum absolute atomic E-state index is 11.6. The fourth-order valence-corrected chi connectivity index (χ4v) is 1.60. The molecule has 1 atom stereocenters. The number of halogens is 1. The monoisotopic (exact) mass is 247 g/mol. The maximum Gasteiger partial charge on any atom is 0.264 e. The summed E-state index contributed by atoms with van der Waals surface area (Å²) >= 11 is 7.12. The molecule has 1 heterocycles. The van der Waals surface area contributed by atoms with E-state index in [1.54, 1.807) is 6.92 Å². The van der Waals surface area contributed by atoms with Crippen LogP contribution in [0.5, 0.6) is 0 Å². The molecule has 1 amide bonds. The summed E-state index contributed by atoms with van der Waals surface area (Å²) in [5, 5.41) is 6.49. The van der Waals surface area contributed by atoms with Crippen molar-refractivity contribution in [1.29, 1.82) is 0 Å². The fourth-order valence-electron chi connectivity index (χ4n) is 0.946. The lowest BCUT2D eigenvalue weighted by Gasteiger charge is -2.13. The zero-order chi connectivity index (χ0) is 11.4. The van der Waals surface area contributed by atoms with Gasteiger partial charge in [-0.1, -0.05) is 18.3 Å². The van der Waals surface area contributed by atoms with E-state index in [0.717, 1.165) is 11.5 Å². The molecule has 6 heteroatoms. The van der Waals surface area contributed by atoms with Crippen LogP contribution < -0.4 is 5.32 Å². The van der Waals surface area contributed by atoms with Crippen LogP contribution in [0.2, 0.25) is 0 Å². The molecule has 1 unspecified atom stereocenters. The highest BCUT2D eigenvalue weighted by Gasteiger charge is 2.15. The molecule has 84 valence electrons. The van der Waals surface area contributed by atoms with Gasteiger partial charge in [0.05, 0.1) is 11.1 Å². The van der Waals surface area contributed by atoms with Crippen LogP contribution in [-0.2, 0) is 0 Å². The van der Waals surface area contributed by atoms with Crippen LogP contribution in [0.4, 0.5) is 0 Å².